The first-order chi connectivity index (χ1) is 11.9. The molecule has 1 aliphatic rings. The van der Waals surface area contributed by atoms with Crippen molar-refractivity contribution >= 4 is 5.91 Å². The van der Waals surface area contributed by atoms with E-state index in [1.54, 1.807) is 13.0 Å². The van der Waals surface area contributed by atoms with Gasteiger partial charge in [0.05, 0.1) is 11.3 Å². The number of carbonyl (C=O) groups excluding carboxylic acids is 1. The molecule has 1 aliphatic carbocycles. The van der Waals surface area contributed by atoms with E-state index in [2.05, 4.69) is 10.4 Å². The monoisotopic (exact) mass is 341 g/mol. The van der Waals surface area contributed by atoms with E-state index in [0.29, 0.717) is 19.3 Å². The summed E-state index contributed by atoms with van der Waals surface area (Å²) in [5.74, 6) is -0.260. The van der Waals surface area contributed by atoms with Crippen molar-refractivity contribution in [3.63, 3.8) is 0 Å². The third-order valence-electron chi connectivity index (χ3n) is 4.52. The Balaban J connectivity index is 1.76. The Hall–Kier alpha value is -2.47. The fourth-order valence-electron chi connectivity index (χ4n) is 3.29. The van der Waals surface area contributed by atoms with Crippen LogP contribution in [0.1, 0.15) is 32.4 Å². The van der Waals surface area contributed by atoms with Crippen LogP contribution in [0, 0.1) is 0 Å². The van der Waals surface area contributed by atoms with Gasteiger partial charge in [-0.15, -0.1) is 0 Å². The minimum atomic E-state index is -0.695. The lowest BCUT2D eigenvalue weighted by molar-refractivity contribution is -0.125. The summed E-state index contributed by atoms with van der Waals surface area (Å²) in [6, 6.07) is 11.1. The molecule has 2 N–H and O–H groups in total. The molecule has 0 atom stereocenters. The van der Waals surface area contributed by atoms with Crippen LogP contribution in [0.15, 0.2) is 41.2 Å². The van der Waals surface area contributed by atoms with Gasteiger partial charge in [0.25, 0.3) is 5.56 Å². The number of benzene rings is 1. The average Bonchev–Trinajstić information content (AvgIpc) is 2.55. The minimum absolute atomic E-state index is 0.0348. The molecule has 0 bridgehead atoms. The Morgan fingerprint density at radius 2 is 2.04 bits per heavy atom. The molecule has 1 amide bonds. The highest BCUT2D eigenvalue weighted by atomic mass is 16.3. The number of nitrogens with zero attached hydrogens (tertiary/aromatic N) is 2. The van der Waals surface area contributed by atoms with Gasteiger partial charge in [-0.25, -0.2) is 4.68 Å². The molecule has 2 aromatic rings. The summed E-state index contributed by atoms with van der Waals surface area (Å²) in [6.45, 7) is 3.61. The van der Waals surface area contributed by atoms with E-state index >= 15 is 0 Å². The van der Waals surface area contributed by atoms with E-state index in [4.69, 9.17) is 0 Å². The van der Waals surface area contributed by atoms with E-state index in [-0.39, 0.29) is 24.1 Å². The molecular weight excluding hydrogens is 318 g/mol. The van der Waals surface area contributed by atoms with Gasteiger partial charge in [-0.3, -0.25) is 9.59 Å². The van der Waals surface area contributed by atoms with Crippen LogP contribution in [0.25, 0.3) is 11.1 Å². The number of nitrogens with one attached hydrogen (secondary N) is 1. The number of rotatable bonds is 5. The zero-order valence-corrected chi connectivity index (χ0v) is 14.5. The Morgan fingerprint density at radius 3 is 2.64 bits per heavy atom. The Bertz CT molecular complexity index is 820. The minimum Gasteiger partial charge on any atom is -0.390 e. The van der Waals surface area contributed by atoms with Gasteiger partial charge >= 0.3 is 0 Å². The zero-order chi connectivity index (χ0) is 18.0. The number of aryl methyl sites for hydroxylation is 1. The number of aromatic nitrogens is 2. The second kappa shape index (κ2) is 6.80. The first kappa shape index (κ1) is 17.4. The maximum Gasteiger partial charge on any atom is 0.267 e. The van der Waals surface area contributed by atoms with Crippen LogP contribution in [0.5, 0.6) is 0 Å². The number of amides is 1. The molecule has 0 spiro atoms. The molecule has 25 heavy (non-hydrogen) atoms. The van der Waals surface area contributed by atoms with Crippen molar-refractivity contribution in [2.45, 2.75) is 51.3 Å². The lowest BCUT2D eigenvalue weighted by atomic mass is 9.77. The van der Waals surface area contributed by atoms with E-state index < -0.39 is 5.60 Å². The molecule has 0 aliphatic heterocycles. The molecule has 3 rings (SSSR count). The SMILES string of the molecule is CCc1nn(CC(=O)N[C@H]2C[C@](C)(O)C2)c(=O)cc1-c1ccccc1. The van der Waals surface area contributed by atoms with E-state index in [1.807, 2.05) is 37.3 Å². The number of carbonyl (C=O) groups is 1. The fraction of sp³-hybridized carbons (Fsp3) is 0.421. The first-order valence-corrected chi connectivity index (χ1v) is 8.56. The third-order valence-corrected chi connectivity index (χ3v) is 4.52. The predicted molar refractivity (Wildman–Crippen MR) is 95.1 cm³/mol. The van der Waals surface area contributed by atoms with E-state index in [9.17, 15) is 14.7 Å². The van der Waals surface area contributed by atoms with Crippen molar-refractivity contribution in [2.24, 2.45) is 0 Å². The quantitative estimate of drug-likeness (QED) is 0.863. The van der Waals surface area contributed by atoms with Crippen LogP contribution < -0.4 is 10.9 Å². The van der Waals surface area contributed by atoms with Crippen LogP contribution in [-0.2, 0) is 17.8 Å². The fourth-order valence-corrected chi connectivity index (χ4v) is 3.29. The summed E-state index contributed by atoms with van der Waals surface area (Å²) in [5, 5.41) is 16.9. The lowest BCUT2D eigenvalue weighted by Crippen LogP contribution is -2.54. The predicted octanol–water partition coefficient (Wildman–Crippen LogP) is 1.50. The maximum absolute atomic E-state index is 12.4. The summed E-state index contributed by atoms with van der Waals surface area (Å²) in [7, 11) is 0. The van der Waals surface area contributed by atoms with Crippen LogP contribution in [0.3, 0.4) is 0 Å². The molecular formula is C19H23N3O3. The van der Waals surface area contributed by atoms with Crippen molar-refractivity contribution in [3.05, 3.63) is 52.4 Å². The molecule has 0 radical (unpaired) electrons. The number of aliphatic hydroxyl groups is 1. The molecule has 1 fully saturated rings. The third kappa shape index (κ3) is 3.96. The van der Waals surface area contributed by atoms with E-state index in [1.165, 1.54) is 4.68 Å². The van der Waals surface area contributed by atoms with Crippen LogP contribution in [0.4, 0.5) is 0 Å². The molecule has 132 valence electrons. The highest BCUT2D eigenvalue weighted by Crippen LogP contribution is 2.31. The van der Waals surface area contributed by atoms with Gasteiger partial charge in [0.1, 0.15) is 6.54 Å². The molecule has 0 saturated heterocycles. The molecule has 1 heterocycles. The summed E-state index contributed by atoms with van der Waals surface area (Å²) in [6.07, 6.45) is 1.74. The van der Waals surface area contributed by atoms with Crippen LogP contribution >= 0.6 is 0 Å². The van der Waals surface area contributed by atoms with Crippen molar-refractivity contribution in [3.8, 4) is 11.1 Å². The topological polar surface area (TPSA) is 84.2 Å². The summed E-state index contributed by atoms with van der Waals surface area (Å²) >= 11 is 0. The second-order valence-electron chi connectivity index (χ2n) is 6.89. The van der Waals surface area contributed by atoms with Gasteiger partial charge in [-0.1, -0.05) is 37.3 Å². The Labute approximate surface area is 146 Å². The van der Waals surface area contributed by atoms with Crippen LogP contribution in [-0.4, -0.2) is 32.4 Å². The molecule has 1 aromatic carbocycles. The summed E-state index contributed by atoms with van der Waals surface area (Å²) in [5.41, 5.74) is 1.54. The lowest BCUT2D eigenvalue weighted by Gasteiger charge is -2.41. The molecule has 6 nitrogen and oxygen atoms in total. The van der Waals surface area contributed by atoms with Crippen molar-refractivity contribution in [1.82, 2.24) is 15.1 Å². The number of hydrogen-bond acceptors (Lipinski definition) is 4. The Kier molecular flexibility index (Phi) is 4.72. The van der Waals surface area contributed by atoms with Gasteiger partial charge in [0, 0.05) is 17.7 Å². The van der Waals surface area contributed by atoms with Crippen LogP contribution in [0.2, 0.25) is 0 Å². The first-order valence-electron chi connectivity index (χ1n) is 8.56. The van der Waals surface area contributed by atoms with Crippen molar-refractivity contribution in [1.29, 1.82) is 0 Å². The van der Waals surface area contributed by atoms with Gasteiger partial charge in [-0.2, -0.15) is 5.10 Å². The molecule has 0 unspecified atom stereocenters. The molecule has 6 heteroatoms. The normalized spacial score (nSPS) is 22.3. The standard InChI is InChI=1S/C19H23N3O3/c1-3-16-15(13-7-5-4-6-8-13)9-18(24)22(21-16)12-17(23)20-14-10-19(2,25)11-14/h4-9,14,25H,3,10-12H2,1-2H3,(H,20,23)/t14-,19-. The van der Waals surface area contributed by atoms with Gasteiger partial charge < -0.3 is 10.4 Å². The zero-order valence-electron chi connectivity index (χ0n) is 14.5. The second-order valence-corrected chi connectivity index (χ2v) is 6.89. The van der Waals surface area contributed by atoms with E-state index in [0.717, 1.165) is 16.8 Å². The number of hydrogen-bond donors (Lipinski definition) is 2. The van der Waals surface area contributed by atoms with Gasteiger partial charge in [-0.05, 0) is 31.7 Å². The highest BCUT2D eigenvalue weighted by Gasteiger charge is 2.39. The largest absolute Gasteiger partial charge is 0.390 e. The highest BCUT2D eigenvalue weighted by molar-refractivity contribution is 5.76. The average molecular weight is 341 g/mol. The molecule has 1 aromatic heterocycles. The summed E-state index contributed by atoms with van der Waals surface area (Å²) < 4.78 is 1.21. The van der Waals surface area contributed by atoms with Gasteiger partial charge in [0.2, 0.25) is 5.91 Å². The van der Waals surface area contributed by atoms with Crippen molar-refractivity contribution in [2.75, 3.05) is 0 Å². The van der Waals surface area contributed by atoms with Crippen molar-refractivity contribution < 1.29 is 9.90 Å². The summed E-state index contributed by atoms with van der Waals surface area (Å²) in [4.78, 5) is 24.5. The Morgan fingerprint density at radius 1 is 1.36 bits per heavy atom. The molecule has 1 saturated carbocycles. The van der Waals surface area contributed by atoms with Gasteiger partial charge in [0.15, 0.2) is 0 Å². The maximum atomic E-state index is 12.4. The smallest absolute Gasteiger partial charge is 0.267 e.